The van der Waals surface area contributed by atoms with Gasteiger partial charge in [0.1, 0.15) is 11.1 Å². The van der Waals surface area contributed by atoms with Gasteiger partial charge in [0.05, 0.1) is 12.6 Å². The Morgan fingerprint density at radius 3 is 2.39 bits per heavy atom. The Hall–Kier alpha value is -2.45. The zero-order chi connectivity index (χ0) is 23.0. The lowest BCUT2D eigenvalue weighted by molar-refractivity contribution is 0.0914. The number of ether oxygens (including phenoxy) is 1. The first-order valence-electron chi connectivity index (χ1n) is 12.1. The standard InChI is InChI=1S/C25H33N3O4S/c29-23-21(24(30)26-14-20-11-7-13-33-20)16-28(15-19-10-6-12-32-19)17-22(23)25(31)27-18-8-4-2-1-3-5-9-18/h7,11,13,16-19H,1-6,8-10,12,14-15H2,(H,26,30)(H,27,31). The summed E-state index contributed by atoms with van der Waals surface area (Å²) in [5.74, 6) is -0.852. The van der Waals surface area contributed by atoms with E-state index < -0.39 is 11.3 Å². The van der Waals surface area contributed by atoms with Gasteiger partial charge in [-0.15, -0.1) is 11.3 Å². The number of pyridine rings is 1. The molecule has 33 heavy (non-hydrogen) atoms. The topological polar surface area (TPSA) is 89.4 Å². The number of hydrogen-bond donors (Lipinski definition) is 2. The third-order valence-corrected chi connectivity index (χ3v) is 7.33. The molecule has 2 aromatic rings. The van der Waals surface area contributed by atoms with Crippen LogP contribution >= 0.6 is 11.3 Å². The lowest BCUT2D eigenvalue weighted by atomic mass is 9.96. The SMILES string of the molecule is O=C(NCc1cccs1)c1cn(CC2CCCO2)cc(C(=O)NC2CCCCCCC2)c1=O. The maximum Gasteiger partial charge on any atom is 0.257 e. The highest BCUT2D eigenvalue weighted by atomic mass is 32.1. The molecule has 0 radical (unpaired) electrons. The number of nitrogens with one attached hydrogen (secondary N) is 2. The van der Waals surface area contributed by atoms with E-state index in [1.807, 2.05) is 17.5 Å². The second-order valence-electron chi connectivity index (χ2n) is 9.02. The van der Waals surface area contributed by atoms with E-state index in [2.05, 4.69) is 10.6 Å². The minimum atomic E-state index is -0.523. The van der Waals surface area contributed by atoms with Gasteiger partial charge in [-0.2, -0.15) is 0 Å². The molecule has 1 saturated heterocycles. The molecular weight excluding hydrogens is 438 g/mol. The Balaban J connectivity index is 1.55. The third kappa shape index (κ3) is 6.54. The number of thiophene rings is 1. The summed E-state index contributed by atoms with van der Waals surface area (Å²) in [7, 11) is 0. The largest absolute Gasteiger partial charge is 0.376 e. The molecule has 1 aliphatic carbocycles. The van der Waals surface area contributed by atoms with E-state index in [0.717, 1.165) is 43.4 Å². The summed E-state index contributed by atoms with van der Waals surface area (Å²) in [6, 6.07) is 3.92. The van der Waals surface area contributed by atoms with Crippen LogP contribution in [0.5, 0.6) is 0 Å². The van der Waals surface area contributed by atoms with Gasteiger partial charge < -0.3 is 19.9 Å². The molecule has 2 aliphatic rings. The minimum absolute atomic E-state index is 0.00475. The normalized spacial score (nSPS) is 19.6. The van der Waals surface area contributed by atoms with Gasteiger partial charge >= 0.3 is 0 Å². The summed E-state index contributed by atoms with van der Waals surface area (Å²) >= 11 is 1.54. The van der Waals surface area contributed by atoms with Gasteiger partial charge in [0.2, 0.25) is 5.43 Å². The van der Waals surface area contributed by atoms with E-state index in [4.69, 9.17) is 4.74 Å². The molecule has 1 saturated carbocycles. The maximum atomic E-state index is 13.2. The van der Waals surface area contributed by atoms with Gasteiger partial charge in [-0.1, -0.05) is 38.2 Å². The van der Waals surface area contributed by atoms with Crippen LogP contribution in [0.2, 0.25) is 0 Å². The number of carbonyl (C=O) groups is 2. The van der Waals surface area contributed by atoms with Crippen LogP contribution < -0.4 is 16.1 Å². The molecule has 8 heteroatoms. The lowest BCUT2D eigenvalue weighted by Crippen LogP contribution is -2.40. The molecule has 178 valence electrons. The summed E-state index contributed by atoms with van der Waals surface area (Å²) in [5.41, 5.74) is -0.501. The van der Waals surface area contributed by atoms with Gasteiger partial charge in [0, 0.05) is 36.5 Å². The van der Waals surface area contributed by atoms with Crippen LogP contribution in [-0.2, 0) is 17.8 Å². The average molecular weight is 472 g/mol. The Bertz CT molecular complexity index is 988. The van der Waals surface area contributed by atoms with Gasteiger partial charge in [-0.05, 0) is 37.1 Å². The number of nitrogens with zero attached hydrogens (tertiary/aromatic N) is 1. The van der Waals surface area contributed by atoms with Crippen LogP contribution in [0.4, 0.5) is 0 Å². The molecule has 1 atom stereocenters. The van der Waals surface area contributed by atoms with Crippen molar-refractivity contribution in [2.45, 2.75) is 83.0 Å². The predicted molar refractivity (Wildman–Crippen MR) is 129 cm³/mol. The van der Waals surface area contributed by atoms with Crippen molar-refractivity contribution in [2.75, 3.05) is 6.61 Å². The summed E-state index contributed by atoms with van der Waals surface area (Å²) < 4.78 is 7.50. The van der Waals surface area contributed by atoms with Crippen LogP contribution in [0.25, 0.3) is 0 Å². The fraction of sp³-hybridized carbons (Fsp3) is 0.560. The smallest absolute Gasteiger partial charge is 0.257 e. The van der Waals surface area contributed by atoms with Crippen molar-refractivity contribution in [2.24, 2.45) is 0 Å². The lowest BCUT2D eigenvalue weighted by Gasteiger charge is -2.21. The van der Waals surface area contributed by atoms with Crippen LogP contribution in [0, 0.1) is 0 Å². The van der Waals surface area contributed by atoms with E-state index >= 15 is 0 Å². The Kier molecular flexibility index (Phi) is 8.34. The first-order valence-corrected chi connectivity index (χ1v) is 13.0. The zero-order valence-corrected chi connectivity index (χ0v) is 19.8. The molecule has 1 aliphatic heterocycles. The number of carbonyl (C=O) groups excluding carboxylic acids is 2. The quantitative estimate of drug-likeness (QED) is 0.642. The van der Waals surface area contributed by atoms with E-state index in [0.29, 0.717) is 19.7 Å². The summed E-state index contributed by atoms with van der Waals surface area (Å²) in [6.07, 6.45) is 12.7. The monoisotopic (exact) mass is 471 g/mol. The van der Waals surface area contributed by atoms with Crippen LogP contribution in [0.3, 0.4) is 0 Å². The van der Waals surface area contributed by atoms with Gasteiger partial charge in [0.25, 0.3) is 11.8 Å². The Labute approximate surface area is 198 Å². The number of rotatable bonds is 7. The molecule has 0 aromatic carbocycles. The molecule has 2 fully saturated rings. The van der Waals surface area contributed by atoms with E-state index in [1.54, 1.807) is 28.3 Å². The zero-order valence-electron chi connectivity index (χ0n) is 19.0. The molecular formula is C25H33N3O4S. The van der Waals surface area contributed by atoms with E-state index in [-0.39, 0.29) is 29.2 Å². The van der Waals surface area contributed by atoms with Gasteiger partial charge in [-0.25, -0.2) is 0 Å². The molecule has 1 unspecified atom stereocenters. The molecule has 0 spiro atoms. The van der Waals surface area contributed by atoms with Gasteiger partial charge in [0.15, 0.2) is 0 Å². The molecule has 2 N–H and O–H groups in total. The van der Waals surface area contributed by atoms with Crippen molar-refractivity contribution >= 4 is 23.2 Å². The first kappa shape index (κ1) is 23.7. The van der Waals surface area contributed by atoms with Crippen molar-refractivity contribution in [3.05, 3.63) is 56.1 Å². The Morgan fingerprint density at radius 1 is 1.00 bits per heavy atom. The van der Waals surface area contributed by atoms with Crippen molar-refractivity contribution < 1.29 is 14.3 Å². The summed E-state index contributed by atoms with van der Waals surface area (Å²) in [6.45, 7) is 1.57. The first-order chi connectivity index (χ1) is 16.1. The molecule has 0 bridgehead atoms. The summed E-state index contributed by atoms with van der Waals surface area (Å²) in [5, 5.41) is 7.83. The fourth-order valence-electron chi connectivity index (χ4n) is 4.62. The summed E-state index contributed by atoms with van der Waals surface area (Å²) in [4.78, 5) is 40.3. The molecule has 3 heterocycles. The van der Waals surface area contributed by atoms with Crippen molar-refractivity contribution in [3.8, 4) is 0 Å². The Morgan fingerprint density at radius 2 is 1.73 bits per heavy atom. The second-order valence-corrected chi connectivity index (χ2v) is 10.1. The predicted octanol–water partition coefficient (Wildman–Crippen LogP) is 3.86. The minimum Gasteiger partial charge on any atom is -0.376 e. The van der Waals surface area contributed by atoms with Crippen molar-refractivity contribution in [1.82, 2.24) is 15.2 Å². The number of aromatic nitrogens is 1. The highest BCUT2D eigenvalue weighted by molar-refractivity contribution is 7.09. The molecule has 7 nitrogen and oxygen atoms in total. The van der Waals surface area contributed by atoms with Crippen LogP contribution in [0.15, 0.2) is 34.7 Å². The molecule has 2 amide bonds. The van der Waals surface area contributed by atoms with E-state index in [9.17, 15) is 14.4 Å². The van der Waals surface area contributed by atoms with Gasteiger partial charge in [-0.3, -0.25) is 14.4 Å². The second kappa shape index (κ2) is 11.6. The van der Waals surface area contributed by atoms with Crippen LogP contribution in [0.1, 0.15) is 83.4 Å². The third-order valence-electron chi connectivity index (χ3n) is 6.45. The average Bonchev–Trinajstić information content (AvgIpc) is 3.49. The number of hydrogen-bond acceptors (Lipinski definition) is 5. The molecule has 4 rings (SSSR count). The van der Waals surface area contributed by atoms with Crippen molar-refractivity contribution in [3.63, 3.8) is 0 Å². The van der Waals surface area contributed by atoms with Crippen LogP contribution in [-0.4, -0.2) is 35.1 Å². The van der Waals surface area contributed by atoms with E-state index in [1.165, 1.54) is 19.3 Å². The highest BCUT2D eigenvalue weighted by Gasteiger charge is 2.23. The van der Waals surface area contributed by atoms with Crippen molar-refractivity contribution in [1.29, 1.82) is 0 Å². The number of amides is 2. The fourth-order valence-corrected chi connectivity index (χ4v) is 5.27. The maximum absolute atomic E-state index is 13.2. The molecule has 2 aromatic heterocycles. The highest BCUT2D eigenvalue weighted by Crippen LogP contribution is 2.18.